The summed E-state index contributed by atoms with van der Waals surface area (Å²) in [5, 5.41) is 11.5. The molecule has 0 bridgehead atoms. The van der Waals surface area contributed by atoms with Crippen LogP contribution in [0.25, 0.3) is 17.3 Å². The number of nitrogens with one attached hydrogen (secondary N) is 1. The summed E-state index contributed by atoms with van der Waals surface area (Å²) in [5.74, 6) is 1.25. The number of ether oxygens (including phenoxy) is 3. The Hall–Kier alpha value is -4.11. The monoisotopic (exact) mass is 529 g/mol. The maximum absolute atomic E-state index is 13.6. The average Bonchev–Trinajstić information content (AvgIpc) is 3.50. The quantitative estimate of drug-likeness (QED) is 0.318. The Bertz CT molecular complexity index is 1460. The second-order valence-corrected chi connectivity index (χ2v) is 10.1. The Labute approximate surface area is 213 Å². The Balaban J connectivity index is 1.82. The summed E-state index contributed by atoms with van der Waals surface area (Å²) in [6, 6.07) is 5.13. The second kappa shape index (κ2) is 10.5. The van der Waals surface area contributed by atoms with Gasteiger partial charge in [0.05, 0.1) is 14.2 Å². The van der Waals surface area contributed by atoms with E-state index in [2.05, 4.69) is 35.0 Å². The molecular formula is C22H27N9O5S. The molecule has 0 radical (unpaired) electrons. The van der Waals surface area contributed by atoms with Gasteiger partial charge in [0.15, 0.2) is 5.82 Å². The van der Waals surface area contributed by atoms with Gasteiger partial charge in [-0.25, -0.2) is 23.4 Å². The van der Waals surface area contributed by atoms with Gasteiger partial charge in [0.25, 0.3) is 0 Å². The Morgan fingerprint density at radius 2 is 1.65 bits per heavy atom. The molecule has 0 unspecified atom stereocenters. The van der Waals surface area contributed by atoms with Crippen molar-refractivity contribution < 1.29 is 22.6 Å². The van der Waals surface area contributed by atoms with Crippen LogP contribution in [0.5, 0.6) is 11.5 Å². The van der Waals surface area contributed by atoms with E-state index in [1.807, 2.05) is 6.92 Å². The Kier molecular flexibility index (Phi) is 7.35. The number of hydrogen-bond acceptors (Lipinski definition) is 11. The van der Waals surface area contributed by atoms with Crippen molar-refractivity contribution in [3.8, 4) is 28.8 Å². The van der Waals surface area contributed by atoms with Gasteiger partial charge in [-0.1, -0.05) is 6.07 Å². The third-order valence-corrected chi connectivity index (χ3v) is 7.24. The maximum Gasteiger partial charge on any atom is 0.243 e. The third-order valence-electron chi connectivity index (χ3n) is 5.55. The van der Waals surface area contributed by atoms with Gasteiger partial charge < -0.3 is 14.2 Å². The highest BCUT2D eigenvalue weighted by molar-refractivity contribution is 7.93. The lowest BCUT2D eigenvalue weighted by atomic mass is 10.2. The molecule has 196 valence electrons. The van der Waals surface area contributed by atoms with Gasteiger partial charge >= 0.3 is 0 Å². The largest absolute Gasteiger partial charge is 0.494 e. The number of benzene rings is 1. The molecule has 0 aliphatic rings. The highest BCUT2D eigenvalue weighted by atomic mass is 32.2. The molecular weight excluding hydrogens is 502 g/mol. The zero-order valence-electron chi connectivity index (χ0n) is 21.1. The first-order chi connectivity index (χ1) is 17.7. The number of para-hydroxylation sites is 1. The van der Waals surface area contributed by atoms with E-state index in [-0.39, 0.29) is 23.4 Å². The van der Waals surface area contributed by atoms with E-state index in [1.54, 1.807) is 37.6 Å². The van der Waals surface area contributed by atoms with Crippen molar-refractivity contribution in [3.63, 3.8) is 0 Å². The average molecular weight is 530 g/mol. The fourth-order valence-electron chi connectivity index (χ4n) is 3.64. The molecule has 1 N–H and O–H groups in total. The molecule has 2 atom stereocenters. The molecule has 37 heavy (non-hydrogen) atoms. The van der Waals surface area contributed by atoms with Crippen LogP contribution < -0.4 is 14.2 Å². The maximum atomic E-state index is 13.6. The van der Waals surface area contributed by atoms with E-state index < -0.39 is 21.4 Å². The molecule has 0 amide bonds. The van der Waals surface area contributed by atoms with Crippen LogP contribution in [0.1, 0.15) is 24.4 Å². The van der Waals surface area contributed by atoms with Gasteiger partial charge in [0.1, 0.15) is 34.9 Å². The molecule has 0 fully saturated rings. The molecule has 15 heteroatoms. The summed E-state index contributed by atoms with van der Waals surface area (Å²) in [5.41, 5.74) is 1.19. The predicted molar refractivity (Wildman–Crippen MR) is 133 cm³/mol. The van der Waals surface area contributed by atoms with E-state index in [9.17, 15) is 8.42 Å². The molecule has 3 aromatic heterocycles. The summed E-state index contributed by atoms with van der Waals surface area (Å²) in [7, 11) is 1.94. The zero-order valence-corrected chi connectivity index (χ0v) is 22.0. The summed E-state index contributed by atoms with van der Waals surface area (Å²) in [4.78, 5) is 12.7. The summed E-state index contributed by atoms with van der Waals surface area (Å²) < 4.78 is 49.1. The molecule has 0 spiro atoms. The molecule has 0 aliphatic heterocycles. The van der Waals surface area contributed by atoms with Gasteiger partial charge in [-0.2, -0.15) is 0 Å². The van der Waals surface area contributed by atoms with Crippen molar-refractivity contribution in [2.75, 3.05) is 26.1 Å². The van der Waals surface area contributed by atoms with Crippen molar-refractivity contribution >= 4 is 16.0 Å². The van der Waals surface area contributed by atoms with Crippen LogP contribution in [0.3, 0.4) is 0 Å². The van der Waals surface area contributed by atoms with Crippen LogP contribution >= 0.6 is 0 Å². The number of sulfonamides is 1. The van der Waals surface area contributed by atoms with E-state index in [4.69, 9.17) is 14.2 Å². The molecule has 14 nitrogen and oxygen atoms in total. The minimum Gasteiger partial charge on any atom is -0.494 e. The smallest absolute Gasteiger partial charge is 0.243 e. The number of aryl methyl sites for hydroxylation is 2. The van der Waals surface area contributed by atoms with E-state index in [1.165, 1.54) is 43.8 Å². The lowest BCUT2D eigenvalue weighted by Gasteiger charge is -2.22. The van der Waals surface area contributed by atoms with Crippen LogP contribution in [0, 0.1) is 6.92 Å². The third kappa shape index (κ3) is 5.08. The summed E-state index contributed by atoms with van der Waals surface area (Å²) in [6.45, 7) is 3.33. The number of methoxy groups -OCH3 is 3. The van der Waals surface area contributed by atoms with Crippen molar-refractivity contribution in [1.82, 2.24) is 39.5 Å². The standard InChI is InChI=1S/C22H27N9O5S/c1-13-10-23-19(24-11-13)18(36-6)14(2)37(32,33)29-22-27-26-21(20-25-12-30(3)28-20)31(22)17-15(34-4)8-7-9-16(17)35-5/h7-12,14,18H,1-6H3,(H,27,29)/t14-,18-/m0/s1. The Morgan fingerprint density at radius 3 is 2.19 bits per heavy atom. The number of aromatic nitrogens is 8. The lowest BCUT2D eigenvalue weighted by Crippen LogP contribution is -2.33. The summed E-state index contributed by atoms with van der Waals surface area (Å²) in [6.07, 6.45) is 3.73. The minimum absolute atomic E-state index is 0.128. The topological polar surface area (TPSA) is 161 Å². The van der Waals surface area contributed by atoms with Crippen molar-refractivity contribution in [2.24, 2.45) is 7.05 Å². The lowest BCUT2D eigenvalue weighted by molar-refractivity contribution is 0.0949. The first-order valence-electron chi connectivity index (χ1n) is 11.1. The van der Waals surface area contributed by atoms with Gasteiger partial charge in [-0.05, 0) is 31.5 Å². The van der Waals surface area contributed by atoms with Crippen molar-refractivity contribution in [1.29, 1.82) is 0 Å². The first-order valence-corrected chi connectivity index (χ1v) is 12.6. The molecule has 3 heterocycles. The molecule has 4 rings (SSSR count). The molecule has 1 aromatic carbocycles. The van der Waals surface area contributed by atoms with Gasteiger partial charge in [-0.15, -0.1) is 15.3 Å². The minimum atomic E-state index is -4.12. The fourth-order valence-corrected chi connectivity index (χ4v) is 4.77. The van der Waals surface area contributed by atoms with Gasteiger partial charge in [0, 0.05) is 26.6 Å². The van der Waals surface area contributed by atoms with Crippen LogP contribution in [-0.2, 0) is 21.8 Å². The SMILES string of the molecule is COc1cccc(OC)c1-n1c(NS(=O)(=O)[C@@H](C)[C@H](OC)c2ncc(C)cn2)nnc1-c1ncn(C)n1. The molecule has 0 aliphatic carbocycles. The van der Waals surface area contributed by atoms with Crippen molar-refractivity contribution in [2.45, 2.75) is 25.2 Å². The van der Waals surface area contributed by atoms with E-state index in [0.717, 1.165) is 5.56 Å². The van der Waals surface area contributed by atoms with Crippen molar-refractivity contribution in [3.05, 3.63) is 48.3 Å². The zero-order chi connectivity index (χ0) is 26.7. The summed E-state index contributed by atoms with van der Waals surface area (Å²) >= 11 is 0. The number of hydrogen-bond donors (Lipinski definition) is 1. The molecule has 0 saturated heterocycles. The van der Waals surface area contributed by atoms with Crippen LogP contribution in [0.2, 0.25) is 0 Å². The van der Waals surface area contributed by atoms with Gasteiger partial charge in [-0.3, -0.25) is 14.0 Å². The number of anilines is 1. The number of rotatable bonds is 10. The van der Waals surface area contributed by atoms with Crippen LogP contribution in [0.15, 0.2) is 36.9 Å². The van der Waals surface area contributed by atoms with Crippen LogP contribution in [0.4, 0.5) is 5.95 Å². The second-order valence-electron chi connectivity index (χ2n) is 8.06. The Morgan fingerprint density at radius 1 is 1.00 bits per heavy atom. The normalized spacial score (nSPS) is 13.2. The predicted octanol–water partition coefficient (Wildman–Crippen LogP) is 1.70. The van der Waals surface area contributed by atoms with E-state index >= 15 is 0 Å². The van der Waals surface area contributed by atoms with E-state index in [0.29, 0.717) is 17.2 Å². The molecule has 0 saturated carbocycles. The van der Waals surface area contributed by atoms with Crippen LogP contribution in [-0.4, -0.2) is 74.5 Å². The fraction of sp³-hybridized carbons (Fsp3) is 0.364. The van der Waals surface area contributed by atoms with Gasteiger partial charge in [0.2, 0.25) is 27.6 Å². The highest BCUT2D eigenvalue weighted by Gasteiger charge is 2.35. The number of nitrogens with zero attached hydrogens (tertiary/aromatic N) is 8. The highest BCUT2D eigenvalue weighted by Crippen LogP contribution is 2.37. The first kappa shape index (κ1) is 26.0. The molecule has 4 aromatic rings.